The van der Waals surface area contributed by atoms with E-state index in [1.807, 2.05) is 18.3 Å². The quantitative estimate of drug-likeness (QED) is 0.565. The maximum absolute atomic E-state index is 11.0. The molecule has 0 bridgehead atoms. The molecule has 0 atom stereocenters. The monoisotopic (exact) mass is 429 g/mol. The molecule has 3 N–H and O–H groups in total. The van der Waals surface area contributed by atoms with E-state index in [2.05, 4.69) is 33.5 Å². The zero-order chi connectivity index (χ0) is 21.1. The van der Waals surface area contributed by atoms with Crippen molar-refractivity contribution in [1.29, 1.82) is 0 Å². The number of halogens is 1. The summed E-state index contributed by atoms with van der Waals surface area (Å²) >= 11 is 6.28. The Kier molecular flexibility index (Phi) is 6.27. The molecule has 2 heterocycles. The van der Waals surface area contributed by atoms with E-state index in [0.29, 0.717) is 12.0 Å². The number of unbranched alkanes of at least 4 members (excludes halogenated alkanes) is 1. The van der Waals surface area contributed by atoms with Gasteiger partial charge in [0.05, 0.1) is 0 Å². The lowest BCUT2D eigenvalue weighted by atomic mass is 9.88. The topological polar surface area (TPSA) is 90.4 Å². The number of carbonyl (C=O) groups is 1. The number of nitrogens with one attached hydrogen (secondary N) is 2. The third-order valence-corrected chi connectivity index (χ3v) is 6.25. The van der Waals surface area contributed by atoms with Crippen LogP contribution in [-0.2, 0) is 6.54 Å². The molecule has 1 saturated carbocycles. The molecule has 7 nitrogen and oxygen atoms in total. The largest absolute Gasteiger partial charge is 0.465 e. The summed E-state index contributed by atoms with van der Waals surface area (Å²) in [4.78, 5) is 22.8. The second-order valence-electron chi connectivity index (χ2n) is 8.10. The van der Waals surface area contributed by atoms with E-state index >= 15 is 0 Å². The van der Waals surface area contributed by atoms with Crippen LogP contribution in [0.5, 0.6) is 0 Å². The highest BCUT2D eigenvalue weighted by Gasteiger charge is 2.32. The molecule has 1 aliphatic carbocycles. The van der Waals surface area contributed by atoms with Crippen LogP contribution in [0.25, 0.3) is 11.1 Å². The van der Waals surface area contributed by atoms with Crippen LogP contribution in [0, 0.1) is 0 Å². The minimum atomic E-state index is -0.944. The van der Waals surface area contributed by atoms with Crippen molar-refractivity contribution in [2.75, 3.05) is 16.8 Å². The Morgan fingerprint density at radius 1 is 1.27 bits per heavy atom. The number of fused-ring (bicyclic) bond motifs is 3. The van der Waals surface area contributed by atoms with Crippen LogP contribution in [0.2, 0.25) is 5.02 Å². The third kappa shape index (κ3) is 4.46. The SMILES string of the molecule is CCCCNc1ncc2c(n1)N(C1CCC(NC(=O)O)CC1)Cc1cc(Cl)ccc1-2. The molecular weight excluding hydrogens is 402 g/mol. The fourth-order valence-electron chi connectivity index (χ4n) is 4.47. The molecule has 1 aliphatic heterocycles. The Bertz CT molecular complexity index is 914. The third-order valence-electron chi connectivity index (χ3n) is 6.02. The molecule has 2 aliphatic rings. The van der Waals surface area contributed by atoms with E-state index in [1.165, 1.54) is 5.56 Å². The number of amides is 1. The summed E-state index contributed by atoms with van der Waals surface area (Å²) < 4.78 is 0. The molecular formula is C22H28ClN5O2. The van der Waals surface area contributed by atoms with Crippen molar-refractivity contribution in [3.05, 3.63) is 35.0 Å². The van der Waals surface area contributed by atoms with Gasteiger partial charge in [-0.2, -0.15) is 4.98 Å². The summed E-state index contributed by atoms with van der Waals surface area (Å²) in [5, 5.41) is 15.7. The molecule has 160 valence electrons. The van der Waals surface area contributed by atoms with E-state index in [0.717, 1.165) is 73.6 Å². The smallest absolute Gasteiger partial charge is 0.404 e. The van der Waals surface area contributed by atoms with Crippen molar-refractivity contribution < 1.29 is 9.90 Å². The van der Waals surface area contributed by atoms with Crippen molar-refractivity contribution in [3.8, 4) is 11.1 Å². The van der Waals surface area contributed by atoms with Crippen molar-refractivity contribution >= 4 is 29.5 Å². The lowest BCUT2D eigenvalue weighted by Gasteiger charge is -2.41. The van der Waals surface area contributed by atoms with Crippen molar-refractivity contribution in [2.45, 2.75) is 64.1 Å². The number of nitrogens with zero attached hydrogens (tertiary/aromatic N) is 3. The lowest BCUT2D eigenvalue weighted by molar-refractivity contribution is 0.184. The van der Waals surface area contributed by atoms with Gasteiger partial charge in [-0.25, -0.2) is 9.78 Å². The summed E-state index contributed by atoms with van der Waals surface area (Å²) in [6.45, 7) is 3.76. The summed E-state index contributed by atoms with van der Waals surface area (Å²) in [5.41, 5.74) is 3.34. The van der Waals surface area contributed by atoms with Gasteiger partial charge >= 0.3 is 6.09 Å². The molecule has 0 saturated heterocycles. The van der Waals surface area contributed by atoms with Crippen LogP contribution >= 0.6 is 11.6 Å². The molecule has 1 amide bonds. The van der Waals surface area contributed by atoms with E-state index in [1.54, 1.807) is 0 Å². The number of hydrogen-bond donors (Lipinski definition) is 3. The van der Waals surface area contributed by atoms with Gasteiger partial charge in [0.15, 0.2) is 0 Å². The zero-order valence-electron chi connectivity index (χ0n) is 17.2. The van der Waals surface area contributed by atoms with Crippen molar-refractivity contribution in [2.24, 2.45) is 0 Å². The van der Waals surface area contributed by atoms with Gasteiger partial charge in [0.2, 0.25) is 5.95 Å². The molecule has 30 heavy (non-hydrogen) atoms. The second-order valence-corrected chi connectivity index (χ2v) is 8.53. The summed E-state index contributed by atoms with van der Waals surface area (Å²) in [6.07, 6.45) is 6.66. The molecule has 0 unspecified atom stereocenters. The molecule has 2 aromatic rings. The molecule has 1 fully saturated rings. The van der Waals surface area contributed by atoms with Gasteiger partial charge in [-0.1, -0.05) is 31.0 Å². The Morgan fingerprint density at radius 2 is 2.07 bits per heavy atom. The number of carboxylic acid groups (broad SMARTS) is 1. The van der Waals surface area contributed by atoms with Gasteiger partial charge in [0.1, 0.15) is 5.82 Å². The van der Waals surface area contributed by atoms with Gasteiger partial charge < -0.3 is 20.6 Å². The first kappa shape index (κ1) is 20.7. The Labute approximate surface area is 181 Å². The van der Waals surface area contributed by atoms with Gasteiger partial charge in [0.25, 0.3) is 0 Å². The van der Waals surface area contributed by atoms with Gasteiger partial charge in [-0.3, -0.25) is 0 Å². The predicted octanol–water partition coefficient (Wildman–Crippen LogP) is 4.91. The van der Waals surface area contributed by atoms with Crippen LogP contribution in [0.1, 0.15) is 51.0 Å². The number of hydrogen-bond acceptors (Lipinski definition) is 5. The first-order chi connectivity index (χ1) is 14.5. The molecule has 4 rings (SSSR count). The van der Waals surface area contributed by atoms with Gasteiger partial charge in [0, 0.05) is 42.0 Å². The molecule has 8 heteroatoms. The number of benzene rings is 1. The predicted molar refractivity (Wildman–Crippen MR) is 119 cm³/mol. The zero-order valence-corrected chi connectivity index (χ0v) is 18.0. The van der Waals surface area contributed by atoms with Crippen molar-refractivity contribution in [3.63, 3.8) is 0 Å². The molecule has 0 spiro atoms. The molecule has 0 radical (unpaired) electrons. The first-order valence-corrected chi connectivity index (χ1v) is 11.1. The first-order valence-electron chi connectivity index (χ1n) is 10.7. The highest BCUT2D eigenvalue weighted by atomic mass is 35.5. The average molecular weight is 430 g/mol. The maximum Gasteiger partial charge on any atom is 0.404 e. The van der Waals surface area contributed by atoms with Crippen LogP contribution in [-0.4, -0.2) is 39.8 Å². The Balaban J connectivity index is 1.61. The number of rotatable bonds is 6. The molecule has 1 aromatic heterocycles. The molecule has 1 aromatic carbocycles. The fraction of sp³-hybridized carbons (Fsp3) is 0.500. The van der Waals surface area contributed by atoms with Gasteiger partial charge in [-0.05, 0) is 55.4 Å². The van der Waals surface area contributed by atoms with Crippen LogP contribution in [0.4, 0.5) is 16.6 Å². The van der Waals surface area contributed by atoms with E-state index in [4.69, 9.17) is 21.7 Å². The van der Waals surface area contributed by atoms with Crippen LogP contribution in [0.3, 0.4) is 0 Å². The van der Waals surface area contributed by atoms with E-state index < -0.39 is 6.09 Å². The number of aromatic nitrogens is 2. The second kappa shape index (κ2) is 9.08. The van der Waals surface area contributed by atoms with E-state index in [9.17, 15) is 4.79 Å². The highest BCUT2D eigenvalue weighted by molar-refractivity contribution is 6.30. The highest BCUT2D eigenvalue weighted by Crippen LogP contribution is 2.41. The van der Waals surface area contributed by atoms with E-state index in [-0.39, 0.29) is 6.04 Å². The summed E-state index contributed by atoms with van der Waals surface area (Å²) in [7, 11) is 0. The lowest BCUT2D eigenvalue weighted by Crippen LogP contribution is -2.44. The van der Waals surface area contributed by atoms with Crippen molar-refractivity contribution in [1.82, 2.24) is 15.3 Å². The van der Waals surface area contributed by atoms with Gasteiger partial charge in [-0.15, -0.1) is 0 Å². The Morgan fingerprint density at radius 3 is 2.80 bits per heavy atom. The van der Waals surface area contributed by atoms with Crippen LogP contribution < -0.4 is 15.5 Å². The minimum Gasteiger partial charge on any atom is -0.465 e. The maximum atomic E-state index is 11.0. The average Bonchev–Trinajstić information content (AvgIpc) is 2.73. The standard InChI is InChI=1S/C22H28ClN5O2/c1-2-3-10-24-21-25-12-19-18-9-4-15(23)11-14(18)13-28(20(19)27-21)17-7-5-16(6-8-17)26-22(29)30/h4,9,11-12,16-17,26H,2-3,5-8,10,13H2,1H3,(H,29,30)(H,24,25,27). The fourth-order valence-corrected chi connectivity index (χ4v) is 4.66. The summed E-state index contributed by atoms with van der Waals surface area (Å²) in [6, 6.07) is 6.32. The number of anilines is 2. The Hall–Kier alpha value is -2.54. The minimum absolute atomic E-state index is 0.0291. The van der Waals surface area contributed by atoms with Crippen LogP contribution in [0.15, 0.2) is 24.4 Å². The normalized spacial score (nSPS) is 20.3. The summed E-state index contributed by atoms with van der Waals surface area (Å²) in [5.74, 6) is 1.61.